The lowest BCUT2D eigenvalue weighted by Gasteiger charge is -2.12. The van der Waals surface area contributed by atoms with Gasteiger partial charge in [-0.1, -0.05) is 13.8 Å². The highest BCUT2D eigenvalue weighted by Crippen LogP contribution is 2.31. The molecule has 2 aromatic carbocycles. The molecule has 5 heteroatoms. The molecule has 0 aliphatic heterocycles. The first-order valence-electron chi connectivity index (χ1n) is 8.95. The number of rotatable bonds is 6. The van der Waals surface area contributed by atoms with Gasteiger partial charge in [-0.3, -0.25) is 4.79 Å². The minimum Gasteiger partial charge on any atom is -0.497 e. The first-order valence-corrected chi connectivity index (χ1v) is 8.95. The van der Waals surface area contributed by atoms with Gasteiger partial charge in [-0.05, 0) is 48.2 Å². The highest BCUT2D eigenvalue weighted by Gasteiger charge is 2.15. The van der Waals surface area contributed by atoms with Gasteiger partial charge in [-0.15, -0.1) is 0 Å². The van der Waals surface area contributed by atoms with Gasteiger partial charge in [0.05, 0.1) is 32.6 Å². The molecule has 142 valence electrons. The van der Waals surface area contributed by atoms with E-state index in [9.17, 15) is 4.79 Å². The van der Waals surface area contributed by atoms with E-state index in [1.54, 1.807) is 38.7 Å². The van der Waals surface area contributed by atoms with E-state index in [-0.39, 0.29) is 12.3 Å². The number of carbonyl (C=O) groups is 1. The van der Waals surface area contributed by atoms with Gasteiger partial charge in [0.25, 0.3) is 0 Å². The third-order valence-electron chi connectivity index (χ3n) is 4.70. The number of benzene rings is 2. The maximum atomic E-state index is 12.6. The van der Waals surface area contributed by atoms with Crippen LogP contribution in [0, 0.1) is 6.92 Å². The molecule has 27 heavy (non-hydrogen) atoms. The number of methoxy groups -OCH3 is 2. The van der Waals surface area contributed by atoms with Crippen LogP contribution in [-0.4, -0.2) is 20.1 Å². The van der Waals surface area contributed by atoms with Crippen molar-refractivity contribution in [3.8, 4) is 11.5 Å². The summed E-state index contributed by atoms with van der Waals surface area (Å²) in [4.78, 5) is 12.6. The van der Waals surface area contributed by atoms with Crippen molar-refractivity contribution < 1.29 is 18.7 Å². The second-order valence-electron chi connectivity index (χ2n) is 6.91. The average molecular weight is 367 g/mol. The molecule has 0 unspecified atom stereocenters. The second-order valence-corrected chi connectivity index (χ2v) is 6.91. The SMILES string of the molecule is COc1ccc(NC(=O)Cc2coc3cc(C)c(C(C)C)cc23)c(OC)c1. The molecule has 0 saturated heterocycles. The van der Waals surface area contributed by atoms with Crippen molar-refractivity contribution >= 4 is 22.6 Å². The molecule has 0 fully saturated rings. The zero-order chi connectivity index (χ0) is 19.6. The van der Waals surface area contributed by atoms with Gasteiger partial charge in [0, 0.05) is 17.0 Å². The molecule has 0 atom stereocenters. The van der Waals surface area contributed by atoms with E-state index in [1.807, 2.05) is 6.07 Å². The van der Waals surface area contributed by atoms with Gasteiger partial charge < -0.3 is 19.2 Å². The van der Waals surface area contributed by atoms with Gasteiger partial charge in [-0.2, -0.15) is 0 Å². The number of hydrogen-bond donors (Lipinski definition) is 1. The van der Waals surface area contributed by atoms with Crippen LogP contribution in [-0.2, 0) is 11.2 Å². The van der Waals surface area contributed by atoms with Gasteiger partial charge >= 0.3 is 0 Å². The van der Waals surface area contributed by atoms with Crippen LogP contribution in [0.5, 0.6) is 11.5 Å². The fraction of sp³-hybridized carbons (Fsp3) is 0.318. The first kappa shape index (κ1) is 18.8. The van der Waals surface area contributed by atoms with Crippen LogP contribution in [0.1, 0.15) is 36.5 Å². The van der Waals surface area contributed by atoms with Crippen LogP contribution < -0.4 is 14.8 Å². The molecule has 3 aromatic rings. The Kier molecular flexibility index (Phi) is 5.40. The summed E-state index contributed by atoms with van der Waals surface area (Å²) in [6.45, 7) is 6.41. The number of carbonyl (C=O) groups excluding carboxylic acids is 1. The monoisotopic (exact) mass is 367 g/mol. The predicted octanol–water partition coefficient (Wildman–Crippen LogP) is 5.06. The Morgan fingerprint density at radius 1 is 1.15 bits per heavy atom. The van der Waals surface area contributed by atoms with Crippen molar-refractivity contribution in [1.29, 1.82) is 0 Å². The maximum Gasteiger partial charge on any atom is 0.229 e. The van der Waals surface area contributed by atoms with Crippen LogP contribution in [0.4, 0.5) is 5.69 Å². The molecule has 0 aliphatic carbocycles. The Morgan fingerprint density at radius 3 is 2.59 bits per heavy atom. The fourth-order valence-corrected chi connectivity index (χ4v) is 3.27. The van der Waals surface area contributed by atoms with E-state index in [0.717, 1.165) is 16.5 Å². The average Bonchev–Trinajstić information content (AvgIpc) is 3.02. The number of fused-ring (bicyclic) bond motifs is 1. The van der Waals surface area contributed by atoms with E-state index in [1.165, 1.54) is 11.1 Å². The molecule has 3 rings (SSSR count). The molecule has 1 heterocycles. The molecule has 5 nitrogen and oxygen atoms in total. The molecule has 0 spiro atoms. The predicted molar refractivity (Wildman–Crippen MR) is 107 cm³/mol. The Hall–Kier alpha value is -2.95. The van der Waals surface area contributed by atoms with Crippen molar-refractivity contribution in [1.82, 2.24) is 0 Å². The number of aryl methyl sites for hydroxylation is 1. The van der Waals surface area contributed by atoms with Crippen LogP contribution in [0.3, 0.4) is 0 Å². The Balaban J connectivity index is 1.83. The summed E-state index contributed by atoms with van der Waals surface area (Å²) in [7, 11) is 3.15. The number of amides is 1. The van der Waals surface area contributed by atoms with E-state index in [2.05, 4.69) is 32.2 Å². The summed E-state index contributed by atoms with van der Waals surface area (Å²) in [5.41, 5.74) is 4.75. The topological polar surface area (TPSA) is 60.7 Å². The summed E-state index contributed by atoms with van der Waals surface area (Å²) in [6.07, 6.45) is 1.89. The summed E-state index contributed by atoms with van der Waals surface area (Å²) < 4.78 is 16.2. The van der Waals surface area contributed by atoms with Crippen molar-refractivity contribution in [3.05, 3.63) is 53.3 Å². The smallest absolute Gasteiger partial charge is 0.229 e. The zero-order valence-corrected chi connectivity index (χ0v) is 16.4. The highest BCUT2D eigenvalue weighted by atomic mass is 16.5. The molecule has 1 N–H and O–H groups in total. The third-order valence-corrected chi connectivity index (χ3v) is 4.70. The van der Waals surface area contributed by atoms with Gasteiger partial charge in [0.1, 0.15) is 17.1 Å². The molecule has 0 bridgehead atoms. The quantitative estimate of drug-likeness (QED) is 0.661. The molecule has 0 saturated carbocycles. The van der Waals surface area contributed by atoms with Crippen molar-refractivity contribution in [3.63, 3.8) is 0 Å². The Morgan fingerprint density at radius 2 is 1.93 bits per heavy atom. The molecular weight excluding hydrogens is 342 g/mol. The van der Waals surface area contributed by atoms with Crippen LogP contribution in [0.2, 0.25) is 0 Å². The van der Waals surface area contributed by atoms with Crippen molar-refractivity contribution in [2.24, 2.45) is 0 Å². The van der Waals surface area contributed by atoms with Gasteiger partial charge in [-0.25, -0.2) is 0 Å². The Labute approximate surface area is 159 Å². The first-order chi connectivity index (χ1) is 12.9. The van der Waals surface area contributed by atoms with Crippen molar-refractivity contribution in [2.75, 3.05) is 19.5 Å². The summed E-state index contributed by atoms with van der Waals surface area (Å²) in [5.74, 6) is 1.50. The lowest BCUT2D eigenvalue weighted by atomic mass is 9.95. The number of ether oxygens (including phenoxy) is 2. The number of anilines is 1. The number of nitrogens with one attached hydrogen (secondary N) is 1. The maximum absolute atomic E-state index is 12.6. The van der Waals surface area contributed by atoms with Gasteiger partial charge in [0.2, 0.25) is 5.91 Å². The molecule has 1 aromatic heterocycles. The standard InChI is InChI=1S/C22H25NO4/c1-13(2)17-11-18-15(12-27-20(18)8-14(17)3)9-22(24)23-19-7-6-16(25-4)10-21(19)26-5/h6-8,10-13H,9H2,1-5H3,(H,23,24). The normalized spacial score (nSPS) is 11.0. The van der Waals surface area contributed by atoms with E-state index < -0.39 is 0 Å². The molecular formula is C22H25NO4. The zero-order valence-electron chi connectivity index (χ0n) is 16.4. The minimum absolute atomic E-state index is 0.132. The van der Waals surface area contributed by atoms with Crippen LogP contribution >= 0.6 is 0 Å². The number of furan rings is 1. The minimum atomic E-state index is -0.132. The summed E-state index contributed by atoms with van der Waals surface area (Å²) in [5, 5.41) is 3.89. The van der Waals surface area contributed by atoms with Crippen LogP contribution in [0.15, 0.2) is 41.0 Å². The molecule has 0 radical (unpaired) electrons. The summed E-state index contributed by atoms with van der Waals surface area (Å²) in [6, 6.07) is 9.46. The van der Waals surface area contributed by atoms with E-state index in [0.29, 0.717) is 23.1 Å². The Bertz CT molecular complexity index is 972. The summed E-state index contributed by atoms with van der Waals surface area (Å²) >= 11 is 0. The van der Waals surface area contributed by atoms with Gasteiger partial charge in [0.15, 0.2) is 0 Å². The fourth-order valence-electron chi connectivity index (χ4n) is 3.27. The van der Waals surface area contributed by atoms with Crippen LogP contribution in [0.25, 0.3) is 11.0 Å². The van der Waals surface area contributed by atoms with Crippen molar-refractivity contribution in [2.45, 2.75) is 33.1 Å². The largest absolute Gasteiger partial charge is 0.497 e. The van der Waals surface area contributed by atoms with E-state index >= 15 is 0 Å². The second kappa shape index (κ2) is 7.74. The van der Waals surface area contributed by atoms with E-state index in [4.69, 9.17) is 13.9 Å². The molecule has 1 amide bonds. The lowest BCUT2D eigenvalue weighted by Crippen LogP contribution is -2.15. The highest BCUT2D eigenvalue weighted by molar-refractivity contribution is 5.96. The number of hydrogen-bond acceptors (Lipinski definition) is 4. The molecule has 0 aliphatic rings. The lowest BCUT2D eigenvalue weighted by molar-refractivity contribution is -0.115. The third kappa shape index (κ3) is 3.92.